The lowest BCUT2D eigenvalue weighted by Crippen LogP contribution is -2.00. The number of rotatable bonds is 3. The van der Waals surface area contributed by atoms with E-state index in [9.17, 15) is 4.79 Å². The van der Waals surface area contributed by atoms with Gasteiger partial charge in [0.05, 0.1) is 7.11 Å². The summed E-state index contributed by atoms with van der Waals surface area (Å²) in [6.07, 6.45) is 1.70. The number of nitrogens with zero attached hydrogens (tertiary/aromatic N) is 1. The van der Waals surface area contributed by atoms with E-state index in [-0.39, 0.29) is 0 Å². The molecule has 0 atom stereocenters. The smallest absolute Gasteiger partial charge is 0.363 e. The zero-order chi connectivity index (χ0) is 14.0. The minimum atomic E-state index is -0.422. The Kier molecular flexibility index (Phi) is 3.69. The van der Waals surface area contributed by atoms with Crippen LogP contribution in [0.1, 0.15) is 37.8 Å². The van der Waals surface area contributed by atoms with E-state index in [1.54, 1.807) is 20.1 Å². The van der Waals surface area contributed by atoms with E-state index in [4.69, 9.17) is 9.47 Å². The number of carbonyl (C=O) groups is 1. The fraction of sp³-hybridized carbons (Fsp3) is 0.333. The monoisotopic (exact) mass is 259 g/mol. The van der Waals surface area contributed by atoms with Crippen LogP contribution in [0.4, 0.5) is 0 Å². The summed E-state index contributed by atoms with van der Waals surface area (Å²) in [6, 6.07) is 5.93. The first-order valence-electron chi connectivity index (χ1n) is 6.18. The second kappa shape index (κ2) is 5.26. The number of methoxy groups -OCH3 is 1. The van der Waals surface area contributed by atoms with Crippen LogP contribution in [0.15, 0.2) is 28.9 Å². The molecule has 4 heteroatoms. The van der Waals surface area contributed by atoms with Crippen molar-refractivity contribution < 1.29 is 14.3 Å². The molecule has 1 heterocycles. The van der Waals surface area contributed by atoms with Crippen LogP contribution in [0.2, 0.25) is 0 Å². The van der Waals surface area contributed by atoms with Crippen LogP contribution in [-0.2, 0) is 9.53 Å². The third-order valence-corrected chi connectivity index (χ3v) is 2.94. The minimum Gasteiger partial charge on any atom is -0.496 e. The van der Waals surface area contributed by atoms with Crippen molar-refractivity contribution in [1.29, 1.82) is 0 Å². The van der Waals surface area contributed by atoms with E-state index in [1.165, 1.54) is 5.56 Å². The molecular formula is C15H17NO3. The highest BCUT2D eigenvalue weighted by Crippen LogP contribution is 2.27. The molecule has 1 aliphatic heterocycles. The molecule has 1 aromatic rings. The fourth-order valence-corrected chi connectivity index (χ4v) is 1.89. The summed E-state index contributed by atoms with van der Waals surface area (Å²) >= 11 is 0. The summed E-state index contributed by atoms with van der Waals surface area (Å²) in [7, 11) is 1.61. The van der Waals surface area contributed by atoms with Crippen molar-refractivity contribution in [1.82, 2.24) is 0 Å². The van der Waals surface area contributed by atoms with Gasteiger partial charge in [-0.1, -0.05) is 19.9 Å². The molecule has 0 saturated heterocycles. The number of benzene rings is 1. The molecule has 2 rings (SSSR count). The first kappa shape index (κ1) is 13.3. The predicted octanol–water partition coefficient (Wildman–Crippen LogP) is 3.13. The van der Waals surface area contributed by atoms with Crippen LogP contribution in [0.3, 0.4) is 0 Å². The zero-order valence-electron chi connectivity index (χ0n) is 11.6. The van der Waals surface area contributed by atoms with Gasteiger partial charge in [0.15, 0.2) is 11.6 Å². The van der Waals surface area contributed by atoms with Gasteiger partial charge >= 0.3 is 5.97 Å². The molecule has 0 saturated carbocycles. The van der Waals surface area contributed by atoms with Crippen LogP contribution < -0.4 is 4.74 Å². The first-order valence-corrected chi connectivity index (χ1v) is 6.18. The van der Waals surface area contributed by atoms with Crippen molar-refractivity contribution in [2.45, 2.75) is 26.7 Å². The maximum Gasteiger partial charge on any atom is 0.363 e. The normalized spacial score (nSPS) is 16.8. The van der Waals surface area contributed by atoms with Gasteiger partial charge < -0.3 is 9.47 Å². The number of hydrogen-bond donors (Lipinski definition) is 0. The highest BCUT2D eigenvalue weighted by molar-refractivity contribution is 6.06. The predicted molar refractivity (Wildman–Crippen MR) is 74.3 cm³/mol. The van der Waals surface area contributed by atoms with E-state index in [0.29, 0.717) is 23.3 Å². The lowest BCUT2D eigenvalue weighted by Gasteiger charge is -2.10. The summed E-state index contributed by atoms with van der Waals surface area (Å²) in [5.41, 5.74) is 2.32. The van der Waals surface area contributed by atoms with Gasteiger partial charge in [0.1, 0.15) is 5.75 Å². The Labute approximate surface area is 112 Å². The molecule has 0 aromatic heterocycles. The van der Waals surface area contributed by atoms with Crippen molar-refractivity contribution in [3.63, 3.8) is 0 Å². The molecule has 4 nitrogen and oxygen atoms in total. The Balaban J connectivity index is 2.46. The van der Waals surface area contributed by atoms with E-state index >= 15 is 0 Å². The average molecular weight is 259 g/mol. The summed E-state index contributed by atoms with van der Waals surface area (Å²) in [6.45, 7) is 5.89. The van der Waals surface area contributed by atoms with Crippen LogP contribution >= 0.6 is 0 Å². The maximum absolute atomic E-state index is 11.6. The highest BCUT2D eigenvalue weighted by Gasteiger charge is 2.20. The van der Waals surface area contributed by atoms with Gasteiger partial charge in [0, 0.05) is 12.5 Å². The summed E-state index contributed by atoms with van der Waals surface area (Å²) in [4.78, 5) is 15.6. The van der Waals surface area contributed by atoms with Crippen LogP contribution in [0, 0.1) is 0 Å². The Morgan fingerprint density at radius 2 is 2.11 bits per heavy atom. The number of cyclic esters (lactones) is 1. The second-order valence-corrected chi connectivity index (χ2v) is 4.71. The lowest BCUT2D eigenvalue weighted by atomic mass is 10.00. The molecule has 0 radical (unpaired) electrons. The van der Waals surface area contributed by atoms with Crippen molar-refractivity contribution in [2.75, 3.05) is 7.11 Å². The molecule has 0 spiro atoms. The van der Waals surface area contributed by atoms with Gasteiger partial charge in [-0.25, -0.2) is 9.79 Å². The van der Waals surface area contributed by atoms with Crippen molar-refractivity contribution in [3.8, 4) is 5.75 Å². The molecule has 0 unspecified atom stereocenters. The number of carbonyl (C=O) groups excluding carboxylic acids is 1. The number of aliphatic imine (C=N–C) groups is 1. The third-order valence-electron chi connectivity index (χ3n) is 2.94. The molecule has 1 aliphatic rings. The van der Waals surface area contributed by atoms with E-state index in [2.05, 4.69) is 18.8 Å². The number of ether oxygens (including phenoxy) is 2. The lowest BCUT2D eigenvalue weighted by molar-refractivity contribution is -0.130. The Morgan fingerprint density at radius 1 is 1.37 bits per heavy atom. The van der Waals surface area contributed by atoms with Gasteiger partial charge in [-0.3, -0.25) is 0 Å². The number of hydrogen-bond acceptors (Lipinski definition) is 4. The molecule has 0 bridgehead atoms. The van der Waals surface area contributed by atoms with Gasteiger partial charge in [0.25, 0.3) is 0 Å². The maximum atomic E-state index is 11.6. The quantitative estimate of drug-likeness (QED) is 0.619. The standard InChI is InChI=1S/C15H17NO3/c1-9(2)11-5-6-14(18-4)12(7-11)8-13-15(17)19-10(3)16-13/h5-9H,1-4H3/b13-8-. The minimum absolute atomic E-state index is 0.303. The topological polar surface area (TPSA) is 47.9 Å². The van der Waals surface area contributed by atoms with Crippen LogP contribution in [0.5, 0.6) is 5.75 Å². The van der Waals surface area contributed by atoms with E-state index < -0.39 is 5.97 Å². The SMILES string of the molecule is COc1ccc(C(C)C)cc1/C=C1\N=C(C)OC1=O. The van der Waals surface area contributed by atoms with Crippen molar-refractivity contribution in [2.24, 2.45) is 4.99 Å². The molecule has 19 heavy (non-hydrogen) atoms. The van der Waals surface area contributed by atoms with E-state index in [1.807, 2.05) is 18.2 Å². The third kappa shape index (κ3) is 2.84. The first-order chi connectivity index (χ1) is 9.01. The Hall–Kier alpha value is -2.10. The molecule has 0 amide bonds. The molecule has 0 N–H and O–H groups in total. The van der Waals surface area contributed by atoms with Crippen LogP contribution in [0.25, 0.3) is 6.08 Å². The highest BCUT2D eigenvalue weighted by atomic mass is 16.6. The molecule has 100 valence electrons. The average Bonchev–Trinajstić information content (AvgIpc) is 2.67. The second-order valence-electron chi connectivity index (χ2n) is 4.71. The molecule has 0 fully saturated rings. The summed E-state index contributed by atoms with van der Waals surface area (Å²) in [5.74, 6) is 1.07. The zero-order valence-corrected chi connectivity index (χ0v) is 11.6. The van der Waals surface area contributed by atoms with Crippen molar-refractivity contribution in [3.05, 3.63) is 35.0 Å². The Morgan fingerprint density at radius 3 is 2.63 bits per heavy atom. The molecular weight excluding hydrogens is 242 g/mol. The van der Waals surface area contributed by atoms with Gasteiger partial charge in [-0.2, -0.15) is 0 Å². The molecule has 1 aromatic carbocycles. The van der Waals surface area contributed by atoms with Crippen LogP contribution in [-0.4, -0.2) is 19.0 Å². The number of esters is 1. The molecule has 0 aliphatic carbocycles. The fourth-order valence-electron chi connectivity index (χ4n) is 1.89. The summed E-state index contributed by atoms with van der Waals surface area (Å²) < 4.78 is 10.2. The Bertz CT molecular complexity index is 571. The summed E-state index contributed by atoms with van der Waals surface area (Å²) in [5, 5.41) is 0. The van der Waals surface area contributed by atoms with E-state index in [0.717, 1.165) is 5.56 Å². The van der Waals surface area contributed by atoms with Gasteiger partial charge in [-0.15, -0.1) is 0 Å². The van der Waals surface area contributed by atoms with Crippen molar-refractivity contribution >= 4 is 17.9 Å². The van der Waals surface area contributed by atoms with Gasteiger partial charge in [0.2, 0.25) is 0 Å². The largest absolute Gasteiger partial charge is 0.496 e. The van der Waals surface area contributed by atoms with Gasteiger partial charge in [-0.05, 0) is 29.7 Å².